The molecule has 12 heavy (non-hydrogen) atoms. The molecular formula is C7H12N2O2S. The van der Waals surface area contributed by atoms with E-state index in [1.165, 1.54) is 0 Å². The minimum absolute atomic E-state index is 0.0519. The number of carbonyl (C=O) groups is 1. The van der Waals surface area contributed by atoms with Gasteiger partial charge in [0, 0.05) is 20.3 Å². The molecule has 0 aromatic carbocycles. The van der Waals surface area contributed by atoms with E-state index < -0.39 is 0 Å². The monoisotopic (exact) mass is 188 g/mol. The Kier molecular flexibility index (Phi) is 3.43. The fourth-order valence-corrected chi connectivity index (χ4v) is 1.31. The molecule has 0 unspecified atom stereocenters. The van der Waals surface area contributed by atoms with Crippen LogP contribution in [-0.4, -0.2) is 42.7 Å². The highest BCUT2D eigenvalue weighted by atomic mass is 32.1. The van der Waals surface area contributed by atoms with Gasteiger partial charge in [0.15, 0.2) is 5.11 Å². The number of nitrogens with zero attached hydrogens (tertiary/aromatic N) is 1. The molecule has 0 aliphatic carbocycles. The summed E-state index contributed by atoms with van der Waals surface area (Å²) in [6, 6.07) is 0. The maximum Gasteiger partial charge on any atom is 0.248 e. The minimum Gasteiger partial charge on any atom is -0.385 e. The first-order valence-corrected chi connectivity index (χ1v) is 4.23. The summed E-state index contributed by atoms with van der Waals surface area (Å²) in [5, 5.41) is 3.35. The van der Waals surface area contributed by atoms with Gasteiger partial charge >= 0.3 is 0 Å². The average Bonchev–Trinajstić information content (AvgIpc) is 2.35. The number of thiocarbonyl (C=S) groups is 1. The van der Waals surface area contributed by atoms with Crippen molar-refractivity contribution in [2.24, 2.45) is 0 Å². The lowest BCUT2D eigenvalue weighted by Gasteiger charge is -2.13. The smallest absolute Gasteiger partial charge is 0.248 e. The van der Waals surface area contributed by atoms with E-state index in [1.54, 1.807) is 12.0 Å². The van der Waals surface area contributed by atoms with Crippen molar-refractivity contribution in [1.29, 1.82) is 0 Å². The fraction of sp³-hybridized carbons (Fsp3) is 0.714. The van der Waals surface area contributed by atoms with Gasteiger partial charge in [-0.1, -0.05) is 0 Å². The highest BCUT2D eigenvalue weighted by Gasteiger charge is 2.23. The van der Waals surface area contributed by atoms with Crippen LogP contribution in [0.25, 0.3) is 0 Å². The summed E-state index contributed by atoms with van der Waals surface area (Å²) >= 11 is 4.92. The summed E-state index contributed by atoms with van der Waals surface area (Å²) in [4.78, 5) is 12.7. The van der Waals surface area contributed by atoms with Crippen LogP contribution in [0.2, 0.25) is 0 Å². The van der Waals surface area contributed by atoms with Crippen LogP contribution in [0.4, 0.5) is 0 Å². The SMILES string of the molecule is COCCCN1C(=O)CNC1=S. The molecule has 1 aliphatic heterocycles. The van der Waals surface area contributed by atoms with Crippen LogP contribution in [0.1, 0.15) is 6.42 Å². The zero-order valence-electron chi connectivity index (χ0n) is 7.00. The zero-order valence-corrected chi connectivity index (χ0v) is 7.82. The Hall–Kier alpha value is -0.680. The number of rotatable bonds is 4. The molecule has 0 aromatic heterocycles. The van der Waals surface area contributed by atoms with Crippen LogP contribution >= 0.6 is 12.2 Å². The number of methoxy groups -OCH3 is 1. The van der Waals surface area contributed by atoms with E-state index >= 15 is 0 Å². The van der Waals surface area contributed by atoms with Crippen LogP contribution in [0, 0.1) is 0 Å². The zero-order chi connectivity index (χ0) is 8.97. The predicted octanol–water partition coefficient (Wildman–Crippen LogP) is -0.260. The quantitative estimate of drug-likeness (QED) is 0.487. The number of ether oxygens (including phenoxy) is 1. The molecule has 1 heterocycles. The van der Waals surface area contributed by atoms with E-state index in [0.29, 0.717) is 24.8 Å². The Morgan fingerprint density at radius 2 is 2.50 bits per heavy atom. The minimum atomic E-state index is 0.0519. The number of hydrogen-bond donors (Lipinski definition) is 1. The molecule has 68 valence electrons. The van der Waals surface area contributed by atoms with Gasteiger partial charge in [0.25, 0.3) is 0 Å². The number of hydrogen-bond acceptors (Lipinski definition) is 3. The van der Waals surface area contributed by atoms with Crippen molar-refractivity contribution in [1.82, 2.24) is 10.2 Å². The molecule has 0 radical (unpaired) electrons. The number of amides is 1. The normalized spacial score (nSPS) is 16.9. The Morgan fingerprint density at radius 3 is 3.00 bits per heavy atom. The molecular weight excluding hydrogens is 176 g/mol. The Morgan fingerprint density at radius 1 is 1.75 bits per heavy atom. The first-order valence-electron chi connectivity index (χ1n) is 3.83. The van der Waals surface area contributed by atoms with Crippen LogP contribution in [0.3, 0.4) is 0 Å². The molecule has 5 heteroatoms. The standard InChI is InChI=1S/C7H12N2O2S/c1-11-4-2-3-9-6(10)5-8-7(9)12/h2-5H2,1H3,(H,8,12). The highest BCUT2D eigenvalue weighted by molar-refractivity contribution is 7.80. The van der Waals surface area contributed by atoms with Crippen molar-refractivity contribution in [2.45, 2.75) is 6.42 Å². The number of carbonyl (C=O) groups excluding carboxylic acids is 1. The van der Waals surface area contributed by atoms with Crippen molar-refractivity contribution < 1.29 is 9.53 Å². The van der Waals surface area contributed by atoms with Crippen molar-refractivity contribution in [3.05, 3.63) is 0 Å². The lowest BCUT2D eigenvalue weighted by molar-refractivity contribution is -0.124. The Balaban J connectivity index is 2.30. The summed E-state index contributed by atoms with van der Waals surface area (Å²) in [5.41, 5.74) is 0. The van der Waals surface area contributed by atoms with E-state index in [9.17, 15) is 4.79 Å². The van der Waals surface area contributed by atoms with Gasteiger partial charge in [0.1, 0.15) is 0 Å². The summed E-state index contributed by atoms with van der Waals surface area (Å²) in [7, 11) is 1.64. The van der Waals surface area contributed by atoms with Crippen LogP contribution in [-0.2, 0) is 9.53 Å². The van der Waals surface area contributed by atoms with Gasteiger partial charge in [-0.15, -0.1) is 0 Å². The van der Waals surface area contributed by atoms with Gasteiger partial charge in [0.2, 0.25) is 5.91 Å². The molecule has 0 bridgehead atoms. The van der Waals surface area contributed by atoms with Crippen LogP contribution in [0.5, 0.6) is 0 Å². The van der Waals surface area contributed by atoms with E-state index in [-0.39, 0.29) is 5.91 Å². The first kappa shape index (κ1) is 9.41. The molecule has 1 saturated heterocycles. The molecule has 1 amide bonds. The molecule has 0 spiro atoms. The summed E-state index contributed by atoms with van der Waals surface area (Å²) in [6.07, 6.45) is 0.823. The second-order valence-electron chi connectivity index (χ2n) is 2.55. The van der Waals surface area contributed by atoms with Gasteiger partial charge in [-0.2, -0.15) is 0 Å². The summed E-state index contributed by atoms with van der Waals surface area (Å²) in [5.74, 6) is 0.0519. The maximum atomic E-state index is 11.1. The lowest BCUT2D eigenvalue weighted by atomic mass is 10.4. The molecule has 4 nitrogen and oxygen atoms in total. The van der Waals surface area contributed by atoms with Gasteiger partial charge < -0.3 is 10.1 Å². The highest BCUT2D eigenvalue weighted by Crippen LogP contribution is 2.00. The molecule has 0 aromatic rings. The molecule has 0 saturated carbocycles. The van der Waals surface area contributed by atoms with Crippen molar-refractivity contribution in [3.63, 3.8) is 0 Å². The van der Waals surface area contributed by atoms with E-state index in [4.69, 9.17) is 17.0 Å². The molecule has 1 fully saturated rings. The van der Waals surface area contributed by atoms with Gasteiger partial charge in [-0.05, 0) is 18.6 Å². The topological polar surface area (TPSA) is 41.6 Å². The van der Waals surface area contributed by atoms with Crippen molar-refractivity contribution in [2.75, 3.05) is 26.8 Å². The van der Waals surface area contributed by atoms with Gasteiger partial charge in [0.05, 0.1) is 6.54 Å². The lowest BCUT2D eigenvalue weighted by Crippen LogP contribution is -2.32. The Labute approximate surface area is 76.9 Å². The largest absolute Gasteiger partial charge is 0.385 e. The van der Waals surface area contributed by atoms with E-state index in [2.05, 4.69) is 5.32 Å². The van der Waals surface area contributed by atoms with Gasteiger partial charge in [-0.3, -0.25) is 9.69 Å². The summed E-state index contributed by atoms with van der Waals surface area (Å²) < 4.78 is 4.87. The van der Waals surface area contributed by atoms with Gasteiger partial charge in [-0.25, -0.2) is 0 Å². The average molecular weight is 188 g/mol. The molecule has 0 atom stereocenters. The van der Waals surface area contributed by atoms with Crippen molar-refractivity contribution >= 4 is 23.2 Å². The Bertz CT molecular complexity index is 180. The molecule has 1 aliphatic rings. The van der Waals surface area contributed by atoms with E-state index in [1.807, 2.05) is 0 Å². The third kappa shape index (κ3) is 2.15. The molecule has 1 N–H and O–H groups in total. The van der Waals surface area contributed by atoms with Crippen LogP contribution < -0.4 is 5.32 Å². The van der Waals surface area contributed by atoms with Crippen molar-refractivity contribution in [3.8, 4) is 0 Å². The van der Waals surface area contributed by atoms with Crippen LogP contribution in [0.15, 0.2) is 0 Å². The summed E-state index contributed by atoms with van der Waals surface area (Å²) in [6.45, 7) is 1.65. The maximum absolute atomic E-state index is 11.1. The first-order chi connectivity index (χ1) is 5.75. The second kappa shape index (κ2) is 4.37. The molecule has 1 rings (SSSR count). The third-order valence-corrected chi connectivity index (χ3v) is 2.03. The third-order valence-electron chi connectivity index (χ3n) is 1.67. The number of nitrogens with one attached hydrogen (secondary N) is 1. The fourth-order valence-electron chi connectivity index (χ4n) is 1.05. The second-order valence-corrected chi connectivity index (χ2v) is 2.94. The predicted molar refractivity (Wildman–Crippen MR) is 48.8 cm³/mol. The van der Waals surface area contributed by atoms with E-state index in [0.717, 1.165) is 6.42 Å².